The van der Waals surface area contributed by atoms with Crippen LogP contribution >= 0.6 is 0 Å². The van der Waals surface area contributed by atoms with Gasteiger partial charge >= 0.3 is 11.9 Å². The molecule has 0 aliphatic heterocycles. The summed E-state index contributed by atoms with van der Waals surface area (Å²) in [5.41, 5.74) is 0. The number of ether oxygens (including phenoxy) is 2. The SMILES string of the molecule is CCCCCCCCCCCOC(=O)CCCC(=O)OCC(C)C. The number of esters is 2. The van der Waals surface area contributed by atoms with Crippen LogP contribution in [0.4, 0.5) is 0 Å². The van der Waals surface area contributed by atoms with Crippen molar-refractivity contribution in [2.75, 3.05) is 13.2 Å². The maximum Gasteiger partial charge on any atom is 0.305 e. The van der Waals surface area contributed by atoms with Gasteiger partial charge in [0.15, 0.2) is 0 Å². The van der Waals surface area contributed by atoms with Crippen molar-refractivity contribution in [1.82, 2.24) is 0 Å². The van der Waals surface area contributed by atoms with E-state index in [0.717, 1.165) is 12.8 Å². The van der Waals surface area contributed by atoms with E-state index in [4.69, 9.17) is 9.47 Å². The zero-order valence-electron chi connectivity index (χ0n) is 16.1. The van der Waals surface area contributed by atoms with Crippen LogP contribution in [-0.2, 0) is 19.1 Å². The van der Waals surface area contributed by atoms with E-state index in [1.807, 2.05) is 13.8 Å². The van der Waals surface area contributed by atoms with Crippen LogP contribution in [0.5, 0.6) is 0 Å². The zero-order valence-corrected chi connectivity index (χ0v) is 16.1. The van der Waals surface area contributed by atoms with Crippen molar-refractivity contribution < 1.29 is 19.1 Å². The molecule has 0 fully saturated rings. The highest BCUT2D eigenvalue weighted by atomic mass is 16.5. The normalized spacial score (nSPS) is 10.8. The van der Waals surface area contributed by atoms with E-state index >= 15 is 0 Å². The van der Waals surface area contributed by atoms with Crippen molar-refractivity contribution >= 4 is 11.9 Å². The average molecular weight is 343 g/mol. The molecule has 4 nitrogen and oxygen atoms in total. The molecule has 0 aliphatic rings. The molecule has 24 heavy (non-hydrogen) atoms. The molecule has 0 aromatic rings. The number of rotatable bonds is 16. The molecule has 0 aromatic carbocycles. The number of carbonyl (C=O) groups excluding carboxylic acids is 2. The summed E-state index contributed by atoms with van der Waals surface area (Å²) in [7, 11) is 0. The maximum absolute atomic E-state index is 11.6. The highest BCUT2D eigenvalue weighted by molar-refractivity contribution is 5.72. The van der Waals surface area contributed by atoms with Crippen LogP contribution in [0.3, 0.4) is 0 Å². The molecule has 0 atom stereocenters. The Morgan fingerprint density at radius 2 is 1.21 bits per heavy atom. The second kappa shape index (κ2) is 16.8. The van der Waals surface area contributed by atoms with Gasteiger partial charge in [-0.15, -0.1) is 0 Å². The second-order valence-corrected chi connectivity index (χ2v) is 6.98. The lowest BCUT2D eigenvalue weighted by Crippen LogP contribution is -2.11. The summed E-state index contributed by atoms with van der Waals surface area (Å²) in [6, 6.07) is 0. The van der Waals surface area contributed by atoms with Gasteiger partial charge in [0.25, 0.3) is 0 Å². The highest BCUT2D eigenvalue weighted by Gasteiger charge is 2.08. The standard InChI is InChI=1S/C20H38O4/c1-4-5-6-7-8-9-10-11-12-16-23-19(21)14-13-15-20(22)24-17-18(2)3/h18H,4-17H2,1-3H3. The number of unbranched alkanes of at least 4 members (excludes halogenated alkanes) is 8. The molecule has 0 aliphatic carbocycles. The monoisotopic (exact) mass is 342 g/mol. The minimum absolute atomic E-state index is 0.203. The van der Waals surface area contributed by atoms with Crippen LogP contribution in [0.1, 0.15) is 97.8 Å². The summed E-state index contributed by atoms with van der Waals surface area (Å²) in [4.78, 5) is 23.0. The van der Waals surface area contributed by atoms with Crippen LogP contribution in [0.25, 0.3) is 0 Å². The van der Waals surface area contributed by atoms with Crippen LogP contribution in [0, 0.1) is 5.92 Å². The van der Waals surface area contributed by atoms with Gasteiger partial charge in [0, 0.05) is 12.8 Å². The molecule has 0 amide bonds. The summed E-state index contributed by atoms with van der Waals surface area (Å²) >= 11 is 0. The Morgan fingerprint density at radius 3 is 1.75 bits per heavy atom. The minimum atomic E-state index is -0.226. The van der Waals surface area contributed by atoms with Crippen molar-refractivity contribution in [3.05, 3.63) is 0 Å². The fourth-order valence-corrected chi connectivity index (χ4v) is 2.38. The van der Waals surface area contributed by atoms with E-state index in [2.05, 4.69) is 6.92 Å². The third kappa shape index (κ3) is 17.3. The Labute approximate surface area is 148 Å². The molecule has 0 spiro atoms. The second-order valence-electron chi connectivity index (χ2n) is 6.98. The zero-order chi connectivity index (χ0) is 18.0. The molecule has 0 saturated heterocycles. The van der Waals surface area contributed by atoms with E-state index in [0.29, 0.717) is 38.4 Å². The predicted molar refractivity (Wildman–Crippen MR) is 97.8 cm³/mol. The van der Waals surface area contributed by atoms with E-state index in [9.17, 15) is 9.59 Å². The van der Waals surface area contributed by atoms with Crippen LogP contribution in [-0.4, -0.2) is 25.2 Å². The third-order valence-corrected chi connectivity index (χ3v) is 3.85. The molecule has 142 valence electrons. The van der Waals surface area contributed by atoms with Crippen LogP contribution in [0.2, 0.25) is 0 Å². The van der Waals surface area contributed by atoms with Gasteiger partial charge in [-0.3, -0.25) is 9.59 Å². The Bertz CT molecular complexity index is 313. The van der Waals surface area contributed by atoms with Gasteiger partial charge in [0.05, 0.1) is 13.2 Å². The average Bonchev–Trinajstić information content (AvgIpc) is 2.54. The molecular weight excluding hydrogens is 304 g/mol. The molecule has 0 unspecified atom stereocenters. The number of hydrogen-bond donors (Lipinski definition) is 0. The first kappa shape index (κ1) is 22.9. The van der Waals surface area contributed by atoms with Crippen molar-refractivity contribution in [3.63, 3.8) is 0 Å². The van der Waals surface area contributed by atoms with Gasteiger partial charge in [-0.25, -0.2) is 0 Å². The number of carbonyl (C=O) groups is 2. The molecular formula is C20H38O4. The fourth-order valence-electron chi connectivity index (χ4n) is 2.38. The van der Waals surface area contributed by atoms with E-state index in [1.54, 1.807) is 0 Å². The van der Waals surface area contributed by atoms with Crippen LogP contribution < -0.4 is 0 Å². The molecule has 4 heteroatoms. The minimum Gasteiger partial charge on any atom is -0.466 e. The Morgan fingerprint density at radius 1 is 0.708 bits per heavy atom. The van der Waals surface area contributed by atoms with Gasteiger partial charge in [-0.1, -0.05) is 72.1 Å². The van der Waals surface area contributed by atoms with Gasteiger partial charge in [-0.2, -0.15) is 0 Å². The first-order valence-electron chi connectivity index (χ1n) is 9.87. The Kier molecular flexibility index (Phi) is 16.0. The summed E-state index contributed by atoms with van der Waals surface area (Å²) in [5.74, 6) is -0.0862. The molecule has 0 aromatic heterocycles. The summed E-state index contributed by atoms with van der Waals surface area (Å²) in [6.45, 7) is 7.18. The molecule has 0 bridgehead atoms. The molecule has 0 heterocycles. The molecule has 0 saturated carbocycles. The quantitative estimate of drug-likeness (QED) is 0.277. The van der Waals surface area contributed by atoms with Gasteiger partial charge < -0.3 is 9.47 Å². The Balaban J connectivity index is 3.31. The van der Waals surface area contributed by atoms with E-state index in [-0.39, 0.29) is 11.9 Å². The molecule has 0 radical (unpaired) electrons. The predicted octanol–water partition coefficient (Wildman–Crippen LogP) is 5.43. The molecule has 0 N–H and O–H groups in total. The Hall–Kier alpha value is -1.06. The van der Waals surface area contributed by atoms with Crippen molar-refractivity contribution in [2.45, 2.75) is 97.8 Å². The lowest BCUT2D eigenvalue weighted by molar-refractivity contribution is -0.146. The lowest BCUT2D eigenvalue weighted by Gasteiger charge is -2.07. The fraction of sp³-hybridized carbons (Fsp3) is 0.900. The third-order valence-electron chi connectivity index (χ3n) is 3.85. The lowest BCUT2D eigenvalue weighted by atomic mass is 10.1. The maximum atomic E-state index is 11.6. The first-order chi connectivity index (χ1) is 11.6. The number of hydrogen-bond acceptors (Lipinski definition) is 4. The van der Waals surface area contributed by atoms with Crippen molar-refractivity contribution in [3.8, 4) is 0 Å². The molecule has 0 rings (SSSR count). The van der Waals surface area contributed by atoms with Crippen molar-refractivity contribution in [2.24, 2.45) is 5.92 Å². The smallest absolute Gasteiger partial charge is 0.305 e. The van der Waals surface area contributed by atoms with Crippen molar-refractivity contribution in [1.29, 1.82) is 0 Å². The van der Waals surface area contributed by atoms with E-state index in [1.165, 1.54) is 44.9 Å². The van der Waals surface area contributed by atoms with Crippen LogP contribution in [0.15, 0.2) is 0 Å². The first-order valence-corrected chi connectivity index (χ1v) is 9.87. The topological polar surface area (TPSA) is 52.6 Å². The van der Waals surface area contributed by atoms with Gasteiger partial charge in [0.2, 0.25) is 0 Å². The summed E-state index contributed by atoms with van der Waals surface area (Å²) in [6.07, 6.45) is 12.4. The highest BCUT2D eigenvalue weighted by Crippen LogP contribution is 2.10. The van der Waals surface area contributed by atoms with Gasteiger partial charge in [-0.05, 0) is 18.8 Å². The van der Waals surface area contributed by atoms with E-state index < -0.39 is 0 Å². The largest absolute Gasteiger partial charge is 0.466 e. The van der Waals surface area contributed by atoms with Gasteiger partial charge in [0.1, 0.15) is 0 Å². The summed E-state index contributed by atoms with van der Waals surface area (Å²) in [5, 5.41) is 0. The summed E-state index contributed by atoms with van der Waals surface area (Å²) < 4.78 is 10.3.